The number of fused-ring (bicyclic) bond motifs is 1. The molecule has 1 aromatic carbocycles. The molecule has 1 nitrogen and oxygen atoms in total. The van der Waals surface area contributed by atoms with Gasteiger partial charge in [0.2, 0.25) is 0 Å². The summed E-state index contributed by atoms with van der Waals surface area (Å²) in [6, 6.07) is 7.45. The van der Waals surface area contributed by atoms with Crippen molar-refractivity contribution in [1.29, 1.82) is 0 Å². The minimum atomic E-state index is 0.321. The molecule has 1 aliphatic heterocycles. The normalized spacial score (nSPS) is 18.8. The van der Waals surface area contributed by atoms with E-state index in [0.717, 1.165) is 0 Å². The van der Waals surface area contributed by atoms with E-state index < -0.39 is 0 Å². The van der Waals surface area contributed by atoms with Crippen LogP contribution in [0.15, 0.2) is 18.2 Å². The molecule has 0 spiro atoms. The van der Waals surface area contributed by atoms with Gasteiger partial charge in [0.1, 0.15) is 0 Å². The van der Waals surface area contributed by atoms with Gasteiger partial charge in [-0.15, -0.1) is 0 Å². The Morgan fingerprint density at radius 1 is 1.31 bits per heavy atom. The van der Waals surface area contributed by atoms with Crippen LogP contribution < -0.4 is 4.90 Å². The molecule has 0 unspecified atom stereocenters. The van der Waals surface area contributed by atoms with Crippen LogP contribution in [0.5, 0.6) is 0 Å². The monoisotopic (exact) mass is 329 g/mol. The number of nitrogens with zero attached hydrogens (tertiary/aromatic N) is 1. The Labute approximate surface area is 112 Å². The van der Waals surface area contributed by atoms with Gasteiger partial charge in [-0.25, -0.2) is 0 Å². The Kier molecular flexibility index (Phi) is 3.21. The Balaban J connectivity index is 2.53. The third-order valence-electron chi connectivity index (χ3n) is 3.60. The lowest BCUT2D eigenvalue weighted by Gasteiger charge is -2.42. The first-order valence-corrected chi connectivity index (χ1v) is 7.06. The van der Waals surface area contributed by atoms with Gasteiger partial charge in [-0.2, -0.15) is 0 Å². The van der Waals surface area contributed by atoms with Crippen LogP contribution in [-0.2, 0) is 5.41 Å². The van der Waals surface area contributed by atoms with Crippen LogP contribution in [0, 0.1) is 3.57 Å². The Bertz CT molecular complexity index is 396. The number of benzene rings is 1. The smallest absolute Gasteiger partial charge is 0.0407 e. The summed E-state index contributed by atoms with van der Waals surface area (Å²) in [6.07, 6.45) is 1.25. The minimum absolute atomic E-state index is 0.321. The second-order valence-electron chi connectivity index (χ2n) is 5.58. The summed E-state index contributed by atoms with van der Waals surface area (Å²) >= 11 is 2.41. The lowest BCUT2D eigenvalue weighted by atomic mass is 9.77. The summed E-state index contributed by atoms with van der Waals surface area (Å²) in [5, 5.41) is 0. The first-order chi connectivity index (χ1) is 7.42. The van der Waals surface area contributed by atoms with Crippen molar-refractivity contribution in [3.8, 4) is 0 Å². The van der Waals surface area contributed by atoms with Crippen LogP contribution in [0.25, 0.3) is 0 Å². The van der Waals surface area contributed by atoms with E-state index in [-0.39, 0.29) is 0 Å². The zero-order valence-corrected chi connectivity index (χ0v) is 12.7. The average molecular weight is 329 g/mol. The highest BCUT2D eigenvalue weighted by atomic mass is 127. The summed E-state index contributed by atoms with van der Waals surface area (Å²) in [4.78, 5) is 2.52. The molecule has 88 valence electrons. The summed E-state index contributed by atoms with van der Waals surface area (Å²) in [5.74, 6) is 0. The Morgan fingerprint density at radius 2 is 2.00 bits per heavy atom. The highest BCUT2D eigenvalue weighted by molar-refractivity contribution is 14.1. The lowest BCUT2D eigenvalue weighted by Crippen LogP contribution is -2.41. The average Bonchev–Trinajstić information content (AvgIpc) is 2.18. The number of anilines is 1. The van der Waals surface area contributed by atoms with E-state index in [0.29, 0.717) is 11.5 Å². The molecule has 0 aromatic heterocycles. The highest BCUT2D eigenvalue weighted by Gasteiger charge is 2.31. The van der Waals surface area contributed by atoms with Crippen LogP contribution >= 0.6 is 22.6 Å². The molecule has 0 N–H and O–H groups in total. The molecular formula is C14H20IN. The topological polar surface area (TPSA) is 3.24 Å². The van der Waals surface area contributed by atoms with Crippen LogP contribution in [0.4, 0.5) is 5.69 Å². The number of rotatable bonds is 1. The van der Waals surface area contributed by atoms with Gasteiger partial charge in [0.25, 0.3) is 0 Å². The van der Waals surface area contributed by atoms with Crippen LogP contribution in [-0.4, -0.2) is 12.6 Å². The molecule has 0 amide bonds. The van der Waals surface area contributed by atoms with Crippen molar-refractivity contribution in [3.05, 3.63) is 27.3 Å². The summed E-state index contributed by atoms with van der Waals surface area (Å²) < 4.78 is 1.34. The fraction of sp³-hybridized carbons (Fsp3) is 0.571. The standard InChI is InChI=1S/C14H20IN/c1-10(2)16-8-7-14(3,4)12-9-11(15)5-6-13(12)16/h5-6,9-10H,7-8H2,1-4H3. The molecule has 0 saturated heterocycles. The fourth-order valence-corrected chi connectivity index (χ4v) is 2.98. The molecule has 2 rings (SSSR count). The molecule has 0 radical (unpaired) electrons. The predicted octanol–water partition coefficient (Wildman–Crippen LogP) is 4.19. The van der Waals surface area contributed by atoms with Crippen LogP contribution in [0.2, 0.25) is 0 Å². The summed E-state index contributed by atoms with van der Waals surface area (Å²) in [5.41, 5.74) is 3.27. The van der Waals surface area contributed by atoms with Gasteiger partial charge in [-0.1, -0.05) is 13.8 Å². The van der Waals surface area contributed by atoms with Gasteiger partial charge < -0.3 is 4.90 Å². The Morgan fingerprint density at radius 3 is 2.62 bits per heavy atom. The first-order valence-electron chi connectivity index (χ1n) is 5.98. The van der Waals surface area contributed by atoms with Crippen molar-refractivity contribution in [1.82, 2.24) is 0 Å². The molecule has 0 atom stereocenters. The Hall–Kier alpha value is -0.250. The quantitative estimate of drug-likeness (QED) is 0.699. The number of hydrogen-bond donors (Lipinski definition) is 0. The van der Waals surface area contributed by atoms with E-state index in [1.54, 1.807) is 0 Å². The van der Waals surface area contributed by atoms with E-state index in [1.165, 1.54) is 27.8 Å². The van der Waals surface area contributed by atoms with E-state index in [4.69, 9.17) is 0 Å². The van der Waals surface area contributed by atoms with Gasteiger partial charge in [-0.3, -0.25) is 0 Å². The highest BCUT2D eigenvalue weighted by Crippen LogP contribution is 2.40. The van der Waals surface area contributed by atoms with Crippen molar-refractivity contribution in [3.63, 3.8) is 0 Å². The minimum Gasteiger partial charge on any atom is -0.369 e. The second-order valence-corrected chi connectivity index (χ2v) is 6.83. The molecular weight excluding hydrogens is 309 g/mol. The summed E-state index contributed by atoms with van der Waals surface area (Å²) in [7, 11) is 0. The molecule has 2 heteroatoms. The molecule has 1 heterocycles. The van der Waals surface area contributed by atoms with Crippen molar-refractivity contribution in [2.75, 3.05) is 11.4 Å². The SMILES string of the molecule is CC(C)N1CCC(C)(C)c2cc(I)ccc21. The molecule has 0 aliphatic carbocycles. The molecule has 0 bridgehead atoms. The van der Waals surface area contributed by atoms with Gasteiger partial charge in [0, 0.05) is 21.8 Å². The first kappa shape index (κ1) is 12.2. The maximum Gasteiger partial charge on any atom is 0.0407 e. The number of hydrogen-bond acceptors (Lipinski definition) is 1. The van der Waals surface area contributed by atoms with Crippen molar-refractivity contribution in [2.45, 2.75) is 45.6 Å². The molecule has 1 aliphatic rings. The van der Waals surface area contributed by atoms with E-state index in [9.17, 15) is 0 Å². The fourth-order valence-electron chi connectivity index (χ4n) is 2.49. The van der Waals surface area contributed by atoms with Crippen molar-refractivity contribution in [2.24, 2.45) is 0 Å². The zero-order valence-electron chi connectivity index (χ0n) is 10.5. The largest absolute Gasteiger partial charge is 0.369 e. The van der Waals surface area contributed by atoms with E-state index in [2.05, 4.69) is 73.4 Å². The van der Waals surface area contributed by atoms with Crippen LogP contribution in [0.1, 0.15) is 39.7 Å². The third-order valence-corrected chi connectivity index (χ3v) is 4.27. The van der Waals surface area contributed by atoms with Gasteiger partial charge in [0.15, 0.2) is 0 Å². The maximum atomic E-state index is 2.52. The van der Waals surface area contributed by atoms with E-state index in [1.807, 2.05) is 0 Å². The maximum absolute atomic E-state index is 2.52. The summed E-state index contributed by atoms with van der Waals surface area (Å²) in [6.45, 7) is 10.5. The van der Waals surface area contributed by atoms with Crippen molar-refractivity contribution >= 4 is 28.3 Å². The van der Waals surface area contributed by atoms with E-state index >= 15 is 0 Å². The second kappa shape index (κ2) is 4.21. The predicted molar refractivity (Wildman–Crippen MR) is 79.3 cm³/mol. The zero-order chi connectivity index (χ0) is 11.9. The third kappa shape index (κ3) is 2.08. The molecule has 1 aromatic rings. The van der Waals surface area contributed by atoms with Crippen LogP contribution in [0.3, 0.4) is 0 Å². The lowest BCUT2D eigenvalue weighted by molar-refractivity contribution is 0.442. The molecule has 0 saturated carbocycles. The number of halogens is 1. The van der Waals surface area contributed by atoms with Gasteiger partial charge >= 0.3 is 0 Å². The molecule has 0 fully saturated rings. The molecule has 16 heavy (non-hydrogen) atoms. The van der Waals surface area contributed by atoms with Gasteiger partial charge in [0.05, 0.1) is 0 Å². The van der Waals surface area contributed by atoms with Crippen molar-refractivity contribution < 1.29 is 0 Å². The van der Waals surface area contributed by atoms with Gasteiger partial charge in [-0.05, 0) is 72.0 Å².